The largest absolute Gasteiger partial charge is 0.493 e. The van der Waals surface area contributed by atoms with E-state index in [0.717, 1.165) is 11.7 Å². The van der Waals surface area contributed by atoms with Gasteiger partial charge in [0.15, 0.2) is 5.78 Å². The van der Waals surface area contributed by atoms with E-state index in [1.165, 1.54) is 0 Å². The zero-order chi connectivity index (χ0) is 29.8. The van der Waals surface area contributed by atoms with Crippen molar-refractivity contribution in [1.82, 2.24) is 9.55 Å². The minimum Gasteiger partial charge on any atom is -0.493 e. The molecule has 210 valence electrons. The monoisotopic (exact) mass is 584 g/mol. The number of aliphatic imine (C=N–C) groups is 1. The number of esters is 1. The van der Waals surface area contributed by atoms with Gasteiger partial charge in [-0.3, -0.25) is 9.59 Å². The van der Waals surface area contributed by atoms with Crippen molar-refractivity contribution >= 4 is 52.8 Å². The molecule has 0 saturated carbocycles. The van der Waals surface area contributed by atoms with E-state index in [1.807, 2.05) is 0 Å². The van der Waals surface area contributed by atoms with Crippen molar-refractivity contribution in [3.8, 4) is 5.88 Å². The Morgan fingerprint density at radius 3 is 2.07 bits per heavy atom. The van der Waals surface area contributed by atoms with Crippen LogP contribution >= 0.6 is 11.6 Å². The van der Waals surface area contributed by atoms with Crippen LogP contribution in [0.5, 0.6) is 5.88 Å². The molecule has 2 N–H and O–H groups in total. The third kappa shape index (κ3) is 5.56. The van der Waals surface area contributed by atoms with Gasteiger partial charge in [0.05, 0.1) is 13.0 Å². The molecule has 13 heteroatoms. The molecule has 0 spiro atoms. The molecule has 1 atom stereocenters. The van der Waals surface area contributed by atoms with Crippen LogP contribution in [0, 0.1) is 0 Å². The van der Waals surface area contributed by atoms with Gasteiger partial charge in [0.2, 0.25) is 5.88 Å². The number of nitrogens with zero attached hydrogens (tertiary/aromatic N) is 5. The van der Waals surface area contributed by atoms with E-state index in [2.05, 4.69) is 30.3 Å². The number of hydrogen-bond acceptors (Lipinski definition) is 8. The maximum atomic E-state index is 14.2. The molecule has 0 fully saturated rings. The van der Waals surface area contributed by atoms with Crippen molar-refractivity contribution < 1.29 is 29.0 Å². The predicted molar refractivity (Wildman–Crippen MR) is 151 cm³/mol. The molecule has 4 aromatic rings. The van der Waals surface area contributed by atoms with Gasteiger partial charge in [-0.15, -0.1) is 10.2 Å². The summed E-state index contributed by atoms with van der Waals surface area (Å²) in [6.45, 7) is 0. The van der Waals surface area contributed by atoms with Gasteiger partial charge in [0.25, 0.3) is 17.7 Å². The van der Waals surface area contributed by atoms with Crippen molar-refractivity contribution in [3.05, 3.63) is 107 Å². The quantitative estimate of drug-likeness (QED) is 0.167. The van der Waals surface area contributed by atoms with Crippen LogP contribution in [0.1, 0.15) is 28.7 Å². The smallest absolute Gasteiger partial charge is 0.375 e. The Kier molecular flexibility index (Phi) is 7.98. The Morgan fingerprint density at radius 1 is 0.905 bits per heavy atom. The Morgan fingerprint density at radius 2 is 1.50 bits per heavy atom. The van der Waals surface area contributed by atoms with E-state index in [4.69, 9.17) is 11.6 Å². The molecule has 0 radical (unpaired) electrons. The van der Waals surface area contributed by atoms with Gasteiger partial charge in [0.1, 0.15) is 11.6 Å². The van der Waals surface area contributed by atoms with Crippen molar-refractivity contribution in [3.63, 3.8) is 0 Å². The van der Waals surface area contributed by atoms with E-state index in [1.54, 1.807) is 84.9 Å². The van der Waals surface area contributed by atoms with Gasteiger partial charge in [-0.05, 0) is 35.4 Å². The van der Waals surface area contributed by atoms with Crippen LogP contribution in [0.15, 0.2) is 100 Å². The van der Waals surface area contributed by atoms with Crippen LogP contribution in [-0.2, 0) is 19.1 Å². The van der Waals surface area contributed by atoms with Crippen LogP contribution in [0.2, 0.25) is 5.02 Å². The lowest BCUT2D eigenvalue weighted by Crippen LogP contribution is -2.33. The van der Waals surface area contributed by atoms with Crippen LogP contribution < -0.4 is 5.32 Å². The van der Waals surface area contributed by atoms with Gasteiger partial charge in [0, 0.05) is 10.7 Å². The van der Waals surface area contributed by atoms with Crippen LogP contribution in [-0.4, -0.2) is 51.3 Å². The second-order valence-corrected chi connectivity index (χ2v) is 9.39. The average molecular weight is 585 g/mol. The zero-order valence-corrected chi connectivity index (χ0v) is 22.6. The van der Waals surface area contributed by atoms with Crippen molar-refractivity contribution in [1.29, 1.82) is 0 Å². The number of carbonyl (C=O) groups is 4. The molecule has 0 saturated heterocycles. The lowest BCUT2D eigenvalue weighted by molar-refractivity contribution is -0.153. The van der Waals surface area contributed by atoms with Crippen molar-refractivity contribution in [2.45, 2.75) is 11.8 Å². The molecule has 0 aliphatic carbocycles. The highest BCUT2D eigenvalue weighted by Crippen LogP contribution is 2.39. The van der Waals surface area contributed by atoms with Crippen molar-refractivity contribution in [2.24, 2.45) is 15.2 Å². The fraction of sp³-hybridized carbons (Fsp3) is 0.103. The number of benzene rings is 3. The van der Waals surface area contributed by atoms with Crippen molar-refractivity contribution in [2.75, 3.05) is 12.4 Å². The number of anilines is 1. The molecule has 2 heterocycles. The predicted octanol–water partition coefficient (Wildman–Crippen LogP) is 5.00. The fourth-order valence-corrected chi connectivity index (χ4v) is 4.56. The first-order valence-electron chi connectivity index (χ1n) is 12.4. The van der Waals surface area contributed by atoms with Crippen LogP contribution in [0.3, 0.4) is 0 Å². The molecular weight excluding hydrogens is 564 g/mol. The fourth-order valence-electron chi connectivity index (χ4n) is 4.43. The van der Waals surface area contributed by atoms with Crippen LogP contribution in [0.4, 0.5) is 16.4 Å². The van der Waals surface area contributed by atoms with Gasteiger partial charge in [-0.2, -0.15) is 4.99 Å². The summed E-state index contributed by atoms with van der Waals surface area (Å²) in [5.74, 6) is -7.59. The first-order chi connectivity index (χ1) is 20.3. The number of ether oxygens (including phenoxy) is 1. The number of azo groups is 1. The van der Waals surface area contributed by atoms with Gasteiger partial charge >= 0.3 is 12.0 Å². The number of aromatic nitrogens is 2. The number of halogens is 1. The van der Waals surface area contributed by atoms with Gasteiger partial charge in [-0.25, -0.2) is 19.1 Å². The number of hydrogen-bond donors (Lipinski definition) is 2. The number of fused-ring (bicyclic) bond motifs is 1. The number of methoxy groups -OCH3 is 1. The first-order valence-corrected chi connectivity index (χ1v) is 12.8. The highest BCUT2D eigenvalue weighted by Gasteiger charge is 2.44. The molecule has 1 aromatic heterocycles. The summed E-state index contributed by atoms with van der Waals surface area (Å²) < 4.78 is 5.52. The number of amides is 2. The van der Waals surface area contributed by atoms with Crippen LogP contribution in [0.25, 0.3) is 0 Å². The Balaban J connectivity index is 1.55. The SMILES string of the molecule is COC(=O)C(=O)C(C(=O)C(c1ccccc1)c1ccccc1)c1nc2n(c1O)C(=NC(=O)Nc1ccc(Cl)cc1)N=N2. The van der Waals surface area contributed by atoms with E-state index in [9.17, 15) is 24.3 Å². The third-order valence-corrected chi connectivity index (χ3v) is 6.60. The summed E-state index contributed by atoms with van der Waals surface area (Å²) in [5, 5.41) is 21.8. The minimum atomic E-state index is -1.89. The Hall–Kier alpha value is -5.49. The summed E-state index contributed by atoms with van der Waals surface area (Å²) in [5.41, 5.74) is 1.01. The molecule has 2 amide bonds. The number of rotatable bonds is 8. The number of aromatic hydroxyl groups is 1. The molecule has 1 unspecified atom stereocenters. The first kappa shape index (κ1) is 28.1. The van der Waals surface area contributed by atoms with E-state index >= 15 is 0 Å². The maximum Gasteiger partial charge on any atom is 0.375 e. The van der Waals surface area contributed by atoms with Gasteiger partial charge in [-0.1, -0.05) is 72.3 Å². The van der Waals surface area contributed by atoms with Gasteiger partial charge < -0.3 is 15.2 Å². The number of Topliss-reactive ketones (excluding diaryl/α,β-unsaturated/α-hetero) is 2. The molecule has 12 nitrogen and oxygen atoms in total. The Labute approximate surface area is 243 Å². The molecule has 5 rings (SSSR count). The standard InChI is InChI=1S/C29H21ClN6O6/c1-42-26(40)24(38)21(23(37)20(16-8-4-2-5-9-16)17-10-6-3-7-11-17)22-25(39)36-27(32-22)34-35-28(36)33-29(41)31-19-14-12-18(30)13-15-19/h2-15,20-21,39H,1H3,(H,31,41). The summed E-state index contributed by atoms with van der Waals surface area (Å²) in [6.07, 6.45) is 0. The molecule has 42 heavy (non-hydrogen) atoms. The van der Waals surface area contributed by atoms with E-state index in [-0.39, 0.29) is 11.9 Å². The number of ketones is 2. The summed E-state index contributed by atoms with van der Waals surface area (Å²) in [4.78, 5) is 60.5. The third-order valence-electron chi connectivity index (χ3n) is 6.34. The number of imidazole rings is 1. The summed E-state index contributed by atoms with van der Waals surface area (Å²) in [6, 6.07) is 22.7. The number of carbonyl (C=O) groups excluding carboxylic acids is 4. The van der Waals surface area contributed by atoms with E-state index in [0.29, 0.717) is 21.8 Å². The Bertz CT molecular complexity index is 1700. The second-order valence-electron chi connectivity index (χ2n) is 8.95. The lowest BCUT2D eigenvalue weighted by atomic mass is 9.79. The summed E-state index contributed by atoms with van der Waals surface area (Å²) in [7, 11) is 0.999. The molecule has 0 bridgehead atoms. The minimum absolute atomic E-state index is 0.257. The topological polar surface area (TPSA) is 165 Å². The van der Waals surface area contributed by atoms with E-state index < -0.39 is 47.0 Å². The zero-order valence-electron chi connectivity index (χ0n) is 21.8. The number of urea groups is 1. The maximum absolute atomic E-state index is 14.2. The number of nitrogens with one attached hydrogen (secondary N) is 1. The molecule has 1 aliphatic rings. The molecular formula is C29H21ClN6O6. The highest BCUT2D eigenvalue weighted by atomic mass is 35.5. The summed E-state index contributed by atoms with van der Waals surface area (Å²) >= 11 is 5.87. The second kappa shape index (κ2) is 11.9. The molecule has 1 aliphatic heterocycles. The normalized spacial score (nSPS) is 13.5. The molecule has 3 aromatic carbocycles. The average Bonchev–Trinajstić information content (AvgIpc) is 3.54. The highest BCUT2D eigenvalue weighted by molar-refractivity contribution is 6.41. The lowest BCUT2D eigenvalue weighted by Gasteiger charge is -2.21.